The van der Waals surface area contributed by atoms with E-state index in [1.807, 2.05) is 6.07 Å². The Kier molecular flexibility index (Phi) is 6.24. The molecule has 0 unspecified atom stereocenters. The Morgan fingerprint density at radius 1 is 1.16 bits per heavy atom. The highest BCUT2D eigenvalue weighted by atomic mass is 19.1. The van der Waals surface area contributed by atoms with E-state index in [1.165, 1.54) is 17.9 Å². The number of carbonyl (C=O) groups is 2. The average molecular weight is 339 g/mol. The average Bonchev–Trinajstić information content (AvgIpc) is 2.60. The van der Waals surface area contributed by atoms with Crippen LogP contribution in [0.5, 0.6) is 0 Å². The van der Waals surface area contributed by atoms with Gasteiger partial charge in [0.1, 0.15) is 11.9 Å². The third-order valence-electron chi connectivity index (χ3n) is 3.71. The lowest BCUT2D eigenvalue weighted by Crippen LogP contribution is -2.38. The minimum Gasteiger partial charge on any atom is -0.333 e. The van der Waals surface area contributed by atoms with Crippen molar-refractivity contribution in [3.63, 3.8) is 0 Å². The lowest BCUT2D eigenvalue weighted by Gasteiger charge is -2.21. The molecule has 0 aliphatic heterocycles. The fraction of sp³-hybridized carbons (Fsp3) is 0.211. The van der Waals surface area contributed by atoms with Gasteiger partial charge in [-0.2, -0.15) is 5.26 Å². The van der Waals surface area contributed by atoms with Crippen molar-refractivity contribution in [2.75, 3.05) is 18.4 Å². The fourth-order valence-electron chi connectivity index (χ4n) is 2.36. The molecule has 0 aliphatic rings. The lowest BCUT2D eigenvalue weighted by molar-refractivity contribution is -0.132. The highest BCUT2D eigenvalue weighted by molar-refractivity contribution is 5.95. The van der Waals surface area contributed by atoms with Gasteiger partial charge in [0.25, 0.3) is 0 Å². The fourth-order valence-corrected chi connectivity index (χ4v) is 2.36. The number of benzene rings is 2. The number of hydrogen-bond donors (Lipinski definition) is 1. The highest BCUT2D eigenvalue weighted by Gasteiger charge is 2.15. The molecule has 128 valence electrons. The molecule has 25 heavy (non-hydrogen) atoms. The van der Waals surface area contributed by atoms with Crippen molar-refractivity contribution >= 4 is 17.5 Å². The molecule has 0 spiro atoms. The van der Waals surface area contributed by atoms with E-state index in [0.717, 1.165) is 0 Å². The standard InChI is InChI=1S/C19H18FN3O2/c1-14(24)23(11-10-15-6-2-4-8-17(15)20)13-19(25)22-18-9-5-3-7-16(18)12-21/h2-9H,10-11,13H2,1H3,(H,22,25). The third-order valence-corrected chi connectivity index (χ3v) is 3.71. The first-order chi connectivity index (χ1) is 12.0. The third kappa shape index (κ3) is 5.15. The lowest BCUT2D eigenvalue weighted by atomic mass is 10.1. The van der Waals surface area contributed by atoms with Crippen LogP contribution in [0.3, 0.4) is 0 Å². The van der Waals surface area contributed by atoms with E-state index < -0.39 is 5.91 Å². The highest BCUT2D eigenvalue weighted by Crippen LogP contribution is 2.13. The van der Waals surface area contributed by atoms with Crippen LogP contribution in [0, 0.1) is 17.1 Å². The Hall–Kier alpha value is -3.20. The van der Waals surface area contributed by atoms with E-state index in [4.69, 9.17) is 5.26 Å². The Labute approximate surface area is 145 Å². The zero-order valence-electron chi connectivity index (χ0n) is 13.8. The first kappa shape index (κ1) is 18.1. The molecule has 0 radical (unpaired) electrons. The van der Waals surface area contributed by atoms with Gasteiger partial charge in [-0.1, -0.05) is 30.3 Å². The Bertz CT molecular complexity index is 814. The molecule has 0 saturated carbocycles. The molecule has 2 aromatic carbocycles. The van der Waals surface area contributed by atoms with Crippen LogP contribution < -0.4 is 5.32 Å². The summed E-state index contributed by atoms with van der Waals surface area (Å²) in [6, 6.07) is 14.9. The van der Waals surface area contributed by atoms with Crippen molar-refractivity contribution in [3.8, 4) is 6.07 Å². The van der Waals surface area contributed by atoms with Crippen molar-refractivity contribution in [1.29, 1.82) is 5.26 Å². The summed E-state index contributed by atoms with van der Waals surface area (Å²) in [5.74, 6) is -1.02. The summed E-state index contributed by atoms with van der Waals surface area (Å²) in [4.78, 5) is 25.3. The molecular formula is C19H18FN3O2. The van der Waals surface area contributed by atoms with E-state index in [1.54, 1.807) is 42.5 Å². The number of nitrogens with zero attached hydrogens (tertiary/aromatic N) is 2. The van der Waals surface area contributed by atoms with E-state index >= 15 is 0 Å². The SMILES string of the molecule is CC(=O)N(CCc1ccccc1F)CC(=O)Nc1ccccc1C#N. The second-order valence-electron chi connectivity index (χ2n) is 5.49. The van der Waals surface area contributed by atoms with Crippen LogP contribution in [-0.4, -0.2) is 29.8 Å². The van der Waals surface area contributed by atoms with E-state index in [-0.39, 0.29) is 24.8 Å². The first-order valence-electron chi connectivity index (χ1n) is 7.79. The molecule has 0 bridgehead atoms. The Balaban J connectivity index is 1.99. The Morgan fingerprint density at radius 2 is 1.84 bits per heavy atom. The summed E-state index contributed by atoms with van der Waals surface area (Å²) in [7, 11) is 0. The van der Waals surface area contributed by atoms with Gasteiger partial charge in [0.2, 0.25) is 11.8 Å². The molecule has 6 heteroatoms. The molecule has 2 aromatic rings. The molecule has 2 rings (SSSR count). The van der Waals surface area contributed by atoms with Crippen LogP contribution in [0.15, 0.2) is 48.5 Å². The van der Waals surface area contributed by atoms with E-state index in [0.29, 0.717) is 23.2 Å². The number of halogens is 1. The van der Waals surface area contributed by atoms with Gasteiger partial charge in [0, 0.05) is 13.5 Å². The maximum absolute atomic E-state index is 13.7. The zero-order valence-corrected chi connectivity index (χ0v) is 13.8. The molecule has 0 fully saturated rings. The van der Waals surface area contributed by atoms with Crippen LogP contribution >= 0.6 is 0 Å². The van der Waals surface area contributed by atoms with Crippen LogP contribution in [0.25, 0.3) is 0 Å². The van der Waals surface area contributed by atoms with Gasteiger partial charge in [-0.05, 0) is 30.2 Å². The summed E-state index contributed by atoms with van der Waals surface area (Å²) in [6.07, 6.45) is 0.314. The molecule has 2 amide bonds. The molecule has 0 aliphatic carbocycles. The maximum Gasteiger partial charge on any atom is 0.244 e. The first-order valence-corrected chi connectivity index (χ1v) is 7.79. The summed E-state index contributed by atoms with van der Waals surface area (Å²) in [5.41, 5.74) is 1.23. The molecular weight excluding hydrogens is 321 g/mol. The number of carbonyl (C=O) groups excluding carboxylic acids is 2. The molecule has 1 N–H and O–H groups in total. The molecule has 0 saturated heterocycles. The van der Waals surface area contributed by atoms with Gasteiger partial charge in [-0.3, -0.25) is 9.59 Å². The van der Waals surface area contributed by atoms with Gasteiger partial charge in [-0.25, -0.2) is 4.39 Å². The zero-order chi connectivity index (χ0) is 18.2. The second-order valence-corrected chi connectivity index (χ2v) is 5.49. The van der Waals surface area contributed by atoms with Crippen molar-refractivity contribution in [2.45, 2.75) is 13.3 Å². The van der Waals surface area contributed by atoms with E-state index in [2.05, 4.69) is 5.32 Å². The monoisotopic (exact) mass is 339 g/mol. The topological polar surface area (TPSA) is 73.2 Å². The van der Waals surface area contributed by atoms with Crippen molar-refractivity contribution < 1.29 is 14.0 Å². The minimum absolute atomic E-state index is 0.163. The van der Waals surface area contributed by atoms with Crippen molar-refractivity contribution in [2.24, 2.45) is 0 Å². The van der Waals surface area contributed by atoms with Crippen LogP contribution in [0.1, 0.15) is 18.1 Å². The number of amides is 2. The van der Waals surface area contributed by atoms with Crippen molar-refractivity contribution in [1.82, 2.24) is 4.90 Å². The number of hydrogen-bond acceptors (Lipinski definition) is 3. The second kappa shape index (κ2) is 8.60. The summed E-state index contributed by atoms with van der Waals surface area (Å²) < 4.78 is 13.7. The van der Waals surface area contributed by atoms with Gasteiger partial charge < -0.3 is 10.2 Å². The van der Waals surface area contributed by atoms with Gasteiger partial charge >= 0.3 is 0 Å². The molecule has 0 aromatic heterocycles. The summed E-state index contributed by atoms with van der Waals surface area (Å²) >= 11 is 0. The molecule has 0 atom stereocenters. The normalized spacial score (nSPS) is 9.96. The number of anilines is 1. The number of rotatable bonds is 6. The van der Waals surface area contributed by atoms with Gasteiger partial charge in [0.05, 0.1) is 17.8 Å². The molecule has 0 heterocycles. The number of para-hydroxylation sites is 1. The van der Waals surface area contributed by atoms with Crippen LogP contribution in [0.4, 0.5) is 10.1 Å². The van der Waals surface area contributed by atoms with Crippen molar-refractivity contribution in [3.05, 3.63) is 65.5 Å². The smallest absolute Gasteiger partial charge is 0.244 e. The largest absolute Gasteiger partial charge is 0.333 e. The predicted octanol–water partition coefficient (Wildman–Crippen LogP) is 2.73. The summed E-state index contributed by atoms with van der Waals surface area (Å²) in [5, 5.41) is 11.7. The van der Waals surface area contributed by atoms with Gasteiger partial charge in [0.15, 0.2) is 0 Å². The quantitative estimate of drug-likeness (QED) is 0.879. The molecule has 5 nitrogen and oxygen atoms in total. The number of nitrogens with one attached hydrogen (secondary N) is 1. The predicted molar refractivity (Wildman–Crippen MR) is 92.1 cm³/mol. The Morgan fingerprint density at radius 3 is 2.52 bits per heavy atom. The van der Waals surface area contributed by atoms with Gasteiger partial charge in [-0.15, -0.1) is 0 Å². The van der Waals surface area contributed by atoms with E-state index in [9.17, 15) is 14.0 Å². The number of nitriles is 1. The van der Waals surface area contributed by atoms with Crippen LogP contribution in [0.2, 0.25) is 0 Å². The summed E-state index contributed by atoms with van der Waals surface area (Å²) in [6.45, 7) is 1.42. The maximum atomic E-state index is 13.7. The minimum atomic E-state index is -0.411. The van der Waals surface area contributed by atoms with Crippen LogP contribution in [-0.2, 0) is 16.0 Å².